The topological polar surface area (TPSA) is 83.3 Å². The summed E-state index contributed by atoms with van der Waals surface area (Å²) in [5.41, 5.74) is 0.472. The Morgan fingerprint density at radius 1 is 1.21 bits per heavy atom. The standard InChI is InChI=1S/C19H12ClF3N4O2/c1-9-2-3-15(28)12(4-9)16(29)10-5-14(24-7-10)18-26-25-17-13(20)6-11(8-27(17)18)19(21,22)23/h2-8,24,28H,1H3. The Kier molecular flexibility index (Phi) is 4.34. The van der Waals surface area contributed by atoms with Gasteiger partial charge in [-0.1, -0.05) is 23.2 Å². The maximum atomic E-state index is 13.1. The van der Waals surface area contributed by atoms with Crippen LogP contribution in [0.5, 0.6) is 5.75 Å². The number of hydrogen-bond donors (Lipinski definition) is 2. The van der Waals surface area contributed by atoms with Crippen molar-refractivity contribution in [3.05, 3.63) is 70.0 Å². The molecule has 0 spiro atoms. The highest BCUT2D eigenvalue weighted by atomic mass is 35.5. The molecule has 0 atom stereocenters. The largest absolute Gasteiger partial charge is 0.507 e. The summed E-state index contributed by atoms with van der Waals surface area (Å²) in [6.07, 6.45) is -2.38. The average molecular weight is 421 g/mol. The van der Waals surface area contributed by atoms with Crippen LogP contribution in [-0.4, -0.2) is 30.5 Å². The minimum atomic E-state index is -4.60. The van der Waals surface area contributed by atoms with E-state index in [1.807, 2.05) is 0 Å². The second-order valence-electron chi connectivity index (χ2n) is 6.44. The molecule has 0 bridgehead atoms. The van der Waals surface area contributed by atoms with Crippen molar-refractivity contribution in [3.63, 3.8) is 0 Å². The summed E-state index contributed by atoms with van der Waals surface area (Å²) in [4.78, 5) is 15.5. The molecule has 0 saturated carbocycles. The zero-order valence-corrected chi connectivity index (χ0v) is 15.5. The maximum Gasteiger partial charge on any atom is 0.417 e. The fraction of sp³-hybridized carbons (Fsp3) is 0.105. The number of ketones is 1. The van der Waals surface area contributed by atoms with Crippen LogP contribution >= 0.6 is 11.6 Å². The number of phenols is 1. The molecule has 0 fully saturated rings. The third-order valence-corrected chi connectivity index (χ3v) is 4.65. The second-order valence-corrected chi connectivity index (χ2v) is 6.85. The molecule has 6 nitrogen and oxygen atoms in total. The predicted octanol–water partition coefficient (Wildman–Crippen LogP) is 4.64. The number of nitrogens with one attached hydrogen (secondary N) is 1. The molecule has 0 saturated heterocycles. The fourth-order valence-electron chi connectivity index (χ4n) is 2.93. The lowest BCUT2D eigenvalue weighted by atomic mass is 10.0. The van der Waals surface area contributed by atoms with Crippen molar-refractivity contribution in [1.29, 1.82) is 0 Å². The van der Waals surface area contributed by atoms with Gasteiger partial charge in [0, 0.05) is 18.0 Å². The van der Waals surface area contributed by atoms with Gasteiger partial charge in [0.1, 0.15) is 5.75 Å². The number of benzene rings is 1. The number of pyridine rings is 1. The maximum absolute atomic E-state index is 13.1. The van der Waals surface area contributed by atoms with Crippen molar-refractivity contribution in [1.82, 2.24) is 19.6 Å². The number of rotatable bonds is 3. The first-order valence-corrected chi connectivity index (χ1v) is 8.67. The monoisotopic (exact) mass is 420 g/mol. The van der Waals surface area contributed by atoms with Crippen LogP contribution in [-0.2, 0) is 6.18 Å². The van der Waals surface area contributed by atoms with Crippen LogP contribution < -0.4 is 0 Å². The quantitative estimate of drug-likeness (QED) is 0.473. The number of halogens is 4. The van der Waals surface area contributed by atoms with E-state index in [0.717, 1.165) is 22.2 Å². The molecule has 29 heavy (non-hydrogen) atoms. The number of aryl methyl sites for hydroxylation is 1. The van der Waals surface area contributed by atoms with E-state index in [1.54, 1.807) is 19.1 Å². The molecular formula is C19H12ClF3N4O2. The Balaban J connectivity index is 1.79. The van der Waals surface area contributed by atoms with Crippen LogP contribution in [0.15, 0.2) is 42.7 Å². The van der Waals surface area contributed by atoms with Gasteiger partial charge >= 0.3 is 6.18 Å². The zero-order valence-electron chi connectivity index (χ0n) is 14.8. The van der Waals surface area contributed by atoms with Gasteiger partial charge in [-0.05, 0) is 31.2 Å². The number of hydrogen-bond acceptors (Lipinski definition) is 4. The molecule has 3 aromatic heterocycles. The van der Waals surface area contributed by atoms with Gasteiger partial charge in [0.05, 0.1) is 21.8 Å². The van der Waals surface area contributed by atoms with E-state index in [9.17, 15) is 23.1 Å². The summed E-state index contributed by atoms with van der Waals surface area (Å²) >= 11 is 5.92. The van der Waals surface area contributed by atoms with Crippen molar-refractivity contribution in [2.45, 2.75) is 13.1 Å². The number of fused-ring (bicyclic) bond motifs is 1. The first-order valence-electron chi connectivity index (χ1n) is 8.30. The van der Waals surface area contributed by atoms with Crippen molar-refractivity contribution in [2.75, 3.05) is 0 Å². The summed E-state index contributed by atoms with van der Waals surface area (Å²) in [7, 11) is 0. The van der Waals surface area contributed by atoms with Crippen LogP contribution in [0.2, 0.25) is 5.02 Å². The molecule has 0 aliphatic carbocycles. The van der Waals surface area contributed by atoms with Gasteiger partial charge in [-0.25, -0.2) is 0 Å². The molecule has 0 unspecified atom stereocenters. The summed E-state index contributed by atoms with van der Waals surface area (Å²) in [5, 5.41) is 17.5. The van der Waals surface area contributed by atoms with Gasteiger partial charge in [-0.2, -0.15) is 13.2 Å². The fourth-order valence-corrected chi connectivity index (χ4v) is 3.18. The number of aromatic nitrogens is 4. The minimum absolute atomic E-state index is 0.0495. The highest BCUT2D eigenvalue weighted by Gasteiger charge is 2.32. The molecule has 1 aromatic carbocycles. The lowest BCUT2D eigenvalue weighted by molar-refractivity contribution is -0.137. The SMILES string of the molecule is Cc1ccc(O)c(C(=O)c2c[nH]c(-c3nnc4c(Cl)cc(C(F)(F)F)cn34)c2)c1. The predicted molar refractivity (Wildman–Crippen MR) is 99.1 cm³/mol. The zero-order chi connectivity index (χ0) is 20.9. The summed E-state index contributed by atoms with van der Waals surface area (Å²) < 4.78 is 40.5. The number of H-pyrrole nitrogens is 1. The van der Waals surface area contributed by atoms with Gasteiger partial charge in [0.15, 0.2) is 17.3 Å². The number of carbonyl (C=O) groups is 1. The van der Waals surface area contributed by atoms with Crippen molar-refractivity contribution < 1.29 is 23.1 Å². The van der Waals surface area contributed by atoms with Crippen molar-refractivity contribution >= 4 is 23.0 Å². The van der Waals surface area contributed by atoms with E-state index >= 15 is 0 Å². The van der Waals surface area contributed by atoms with Crippen LogP contribution in [0.4, 0.5) is 13.2 Å². The number of aromatic hydroxyl groups is 1. The number of nitrogens with zero attached hydrogens (tertiary/aromatic N) is 3. The highest BCUT2D eigenvalue weighted by Crippen LogP contribution is 2.33. The third-order valence-electron chi connectivity index (χ3n) is 4.37. The highest BCUT2D eigenvalue weighted by molar-refractivity contribution is 6.33. The Labute approximate surface area is 166 Å². The van der Waals surface area contributed by atoms with Crippen molar-refractivity contribution in [2.24, 2.45) is 0 Å². The van der Waals surface area contributed by atoms with Crippen LogP contribution in [0.3, 0.4) is 0 Å². The van der Waals surface area contributed by atoms with Gasteiger partial charge in [0.25, 0.3) is 0 Å². The minimum Gasteiger partial charge on any atom is -0.507 e. The smallest absolute Gasteiger partial charge is 0.417 e. The normalized spacial score (nSPS) is 11.9. The van der Waals surface area contributed by atoms with E-state index in [2.05, 4.69) is 15.2 Å². The first kappa shape index (κ1) is 19.0. The Bertz CT molecular complexity index is 1260. The van der Waals surface area contributed by atoms with Crippen LogP contribution in [0, 0.1) is 6.92 Å². The average Bonchev–Trinajstić information content (AvgIpc) is 3.29. The molecule has 0 aliphatic rings. The Morgan fingerprint density at radius 3 is 2.69 bits per heavy atom. The number of phenolic OH excluding ortho intramolecular Hbond substituents is 1. The number of aromatic amines is 1. The number of alkyl halides is 3. The molecule has 0 radical (unpaired) electrons. The lowest BCUT2D eigenvalue weighted by Crippen LogP contribution is -2.07. The summed E-state index contributed by atoms with van der Waals surface area (Å²) in [6, 6.07) is 6.84. The molecule has 2 N–H and O–H groups in total. The summed E-state index contributed by atoms with van der Waals surface area (Å²) in [6.45, 7) is 1.78. The van der Waals surface area contributed by atoms with Gasteiger partial charge in [0.2, 0.25) is 0 Å². The molecular weight excluding hydrogens is 409 g/mol. The molecule has 10 heteroatoms. The Hall–Kier alpha value is -3.33. The van der Waals surface area contributed by atoms with Crippen molar-refractivity contribution in [3.8, 4) is 17.3 Å². The summed E-state index contributed by atoms with van der Waals surface area (Å²) in [5.74, 6) is -0.560. The number of carbonyl (C=O) groups excluding carboxylic acids is 1. The van der Waals surface area contributed by atoms with E-state index in [1.165, 1.54) is 18.3 Å². The van der Waals surface area contributed by atoms with Gasteiger partial charge in [-0.3, -0.25) is 9.20 Å². The molecule has 3 heterocycles. The van der Waals surface area contributed by atoms with Crippen LogP contribution in [0.1, 0.15) is 27.0 Å². The molecule has 148 valence electrons. The van der Waals surface area contributed by atoms with E-state index in [-0.39, 0.29) is 39.1 Å². The Morgan fingerprint density at radius 2 is 1.97 bits per heavy atom. The van der Waals surface area contributed by atoms with E-state index < -0.39 is 17.5 Å². The third kappa shape index (κ3) is 3.33. The molecule has 4 rings (SSSR count). The van der Waals surface area contributed by atoms with E-state index in [4.69, 9.17) is 11.6 Å². The van der Waals surface area contributed by atoms with Gasteiger partial charge < -0.3 is 10.1 Å². The molecule has 0 amide bonds. The lowest BCUT2D eigenvalue weighted by Gasteiger charge is -2.08. The van der Waals surface area contributed by atoms with E-state index in [0.29, 0.717) is 0 Å². The second kappa shape index (κ2) is 6.63. The van der Waals surface area contributed by atoms with Gasteiger partial charge in [-0.15, -0.1) is 10.2 Å². The molecule has 0 aliphatic heterocycles. The first-order chi connectivity index (χ1) is 13.6. The van der Waals surface area contributed by atoms with Crippen LogP contribution in [0.25, 0.3) is 17.2 Å². The molecule has 4 aromatic rings.